The lowest BCUT2D eigenvalue weighted by Gasteiger charge is -2.19. The maximum Gasteiger partial charge on any atom is 0.136 e. The average Bonchev–Trinajstić information content (AvgIpc) is 3.79. The van der Waals surface area contributed by atoms with Crippen LogP contribution in [0.1, 0.15) is 5.56 Å². The number of hydrogen-bond acceptors (Lipinski definition) is 3. The second kappa shape index (κ2) is 12.2. The van der Waals surface area contributed by atoms with Crippen molar-refractivity contribution in [3.63, 3.8) is 0 Å². The van der Waals surface area contributed by atoms with Crippen molar-refractivity contribution in [1.29, 1.82) is 5.26 Å². The van der Waals surface area contributed by atoms with Crippen LogP contribution in [0.3, 0.4) is 0 Å². The highest BCUT2D eigenvalue weighted by molar-refractivity contribution is 7.25. The summed E-state index contributed by atoms with van der Waals surface area (Å²) in [5, 5.41) is 14.9. The van der Waals surface area contributed by atoms with E-state index in [1.54, 1.807) is 0 Å². The first-order valence-corrected chi connectivity index (χ1v) is 18.2. The Morgan fingerprint density at radius 1 is 0.404 bits per heavy atom. The number of hydrogen-bond donors (Lipinski definition) is 0. The van der Waals surface area contributed by atoms with E-state index in [-0.39, 0.29) is 0 Å². The maximum absolute atomic E-state index is 10.2. The minimum absolute atomic E-state index is 0.650. The van der Waals surface area contributed by atoms with Crippen LogP contribution in [0.2, 0.25) is 0 Å². The van der Waals surface area contributed by atoms with Gasteiger partial charge in [0, 0.05) is 30.9 Å². The van der Waals surface area contributed by atoms with Gasteiger partial charge in [-0.3, -0.25) is 0 Å². The fraction of sp³-hybridized carbons (Fsp3) is 0. The molecule has 0 spiro atoms. The smallest absolute Gasteiger partial charge is 0.136 e. The predicted octanol–water partition coefficient (Wildman–Crippen LogP) is 14.2. The molecule has 0 fully saturated rings. The highest BCUT2D eigenvalue weighted by Crippen LogP contribution is 2.47. The van der Waals surface area contributed by atoms with Gasteiger partial charge in [-0.1, -0.05) is 121 Å². The van der Waals surface area contributed by atoms with Gasteiger partial charge in [0.15, 0.2) is 0 Å². The van der Waals surface area contributed by atoms with Crippen molar-refractivity contribution in [1.82, 2.24) is 0 Å². The molecule has 10 aromatic rings. The summed E-state index contributed by atoms with van der Waals surface area (Å²) in [6, 6.07) is 64.5. The molecule has 2 nitrogen and oxygen atoms in total. The molecule has 52 heavy (non-hydrogen) atoms. The molecule has 0 aliphatic heterocycles. The minimum Gasteiger partial charge on any atom is -0.456 e. The van der Waals surface area contributed by atoms with Gasteiger partial charge in [0.2, 0.25) is 0 Å². The third-order valence-electron chi connectivity index (χ3n) is 10.1. The van der Waals surface area contributed by atoms with Crippen molar-refractivity contribution in [2.24, 2.45) is 0 Å². The monoisotopic (exact) mass is 679 g/mol. The Hall–Kier alpha value is -6.73. The average molecular weight is 680 g/mol. The third-order valence-corrected chi connectivity index (χ3v) is 11.3. The topological polar surface area (TPSA) is 36.9 Å². The van der Waals surface area contributed by atoms with Crippen molar-refractivity contribution in [3.05, 3.63) is 181 Å². The molecule has 0 bridgehead atoms. The summed E-state index contributed by atoms with van der Waals surface area (Å²) in [5.74, 6) is 0. The van der Waals surface area contributed by atoms with Gasteiger partial charge in [-0.2, -0.15) is 5.26 Å². The zero-order chi connectivity index (χ0) is 34.6. The van der Waals surface area contributed by atoms with Crippen LogP contribution >= 0.6 is 11.3 Å². The van der Waals surface area contributed by atoms with E-state index in [1.165, 1.54) is 25.7 Å². The number of para-hydroxylation sites is 1. The SMILES string of the molecule is N#Cc1ccccc1-c1cc(-c2ccccc2)cc(-c2c(-c3ccc4c(c3)oc3ccccc34)cccc2-c2cccc3sc4ccccc4c23)c1. The Balaban J connectivity index is 1.31. The normalized spacial score (nSPS) is 11.4. The molecule has 0 aliphatic rings. The number of benzene rings is 8. The Labute approximate surface area is 305 Å². The number of nitrogens with zero attached hydrogens (tertiary/aromatic N) is 1. The lowest BCUT2D eigenvalue weighted by Crippen LogP contribution is -1.94. The van der Waals surface area contributed by atoms with Gasteiger partial charge in [0.1, 0.15) is 11.2 Å². The predicted molar refractivity (Wildman–Crippen MR) is 219 cm³/mol. The summed E-state index contributed by atoms with van der Waals surface area (Å²) in [6.07, 6.45) is 0. The number of thiophene rings is 1. The van der Waals surface area contributed by atoms with Gasteiger partial charge >= 0.3 is 0 Å². The molecule has 0 N–H and O–H groups in total. The maximum atomic E-state index is 10.2. The molecular formula is C49H29NOS. The van der Waals surface area contributed by atoms with Crippen molar-refractivity contribution in [2.75, 3.05) is 0 Å². The second-order valence-corrected chi connectivity index (χ2v) is 14.2. The minimum atomic E-state index is 0.650. The molecule has 8 aromatic carbocycles. The number of fused-ring (bicyclic) bond motifs is 6. The van der Waals surface area contributed by atoms with E-state index >= 15 is 0 Å². The first-order valence-electron chi connectivity index (χ1n) is 17.4. The van der Waals surface area contributed by atoms with E-state index < -0.39 is 0 Å². The van der Waals surface area contributed by atoms with Crippen LogP contribution in [0.25, 0.3) is 97.7 Å². The van der Waals surface area contributed by atoms with Gasteiger partial charge in [0.05, 0.1) is 11.6 Å². The van der Waals surface area contributed by atoms with Gasteiger partial charge in [-0.25, -0.2) is 0 Å². The Morgan fingerprint density at radius 2 is 1.06 bits per heavy atom. The van der Waals surface area contributed by atoms with Gasteiger partial charge < -0.3 is 4.42 Å². The van der Waals surface area contributed by atoms with E-state index in [0.29, 0.717) is 5.56 Å². The number of rotatable bonds is 5. The molecule has 0 saturated heterocycles. The molecule has 0 atom stereocenters. The molecule has 2 aromatic heterocycles. The first kappa shape index (κ1) is 30.1. The van der Waals surface area contributed by atoms with Crippen LogP contribution in [0.5, 0.6) is 0 Å². The van der Waals surface area contributed by atoms with Crippen LogP contribution in [-0.4, -0.2) is 0 Å². The van der Waals surface area contributed by atoms with Gasteiger partial charge in [-0.15, -0.1) is 11.3 Å². The highest BCUT2D eigenvalue weighted by Gasteiger charge is 2.21. The Morgan fingerprint density at radius 3 is 1.96 bits per heavy atom. The Bertz CT molecular complexity index is 3030. The van der Waals surface area contributed by atoms with Crippen LogP contribution < -0.4 is 0 Å². The van der Waals surface area contributed by atoms with Crippen LogP contribution in [-0.2, 0) is 0 Å². The van der Waals surface area contributed by atoms with E-state index in [1.807, 2.05) is 53.8 Å². The van der Waals surface area contributed by atoms with Crippen molar-refractivity contribution in [3.8, 4) is 61.7 Å². The first-order chi connectivity index (χ1) is 25.7. The molecule has 0 radical (unpaired) electrons. The third kappa shape index (κ3) is 4.93. The van der Waals surface area contributed by atoms with Crippen LogP contribution in [0.4, 0.5) is 0 Å². The molecule has 10 rings (SSSR count). The van der Waals surface area contributed by atoms with Gasteiger partial charge in [0.25, 0.3) is 0 Å². The molecule has 0 amide bonds. The fourth-order valence-corrected chi connectivity index (χ4v) is 8.91. The van der Waals surface area contributed by atoms with Gasteiger partial charge in [-0.05, 0) is 110 Å². The summed E-state index contributed by atoms with van der Waals surface area (Å²) in [5.41, 5.74) is 13.3. The van der Waals surface area contributed by atoms with Crippen molar-refractivity contribution in [2.45, 2.75) is 0 Å². The molecule has 242 valence electrons. The van der Waals surface area contributed by atoms with Crippen molar-refractivity contribution < 1.29 is 4.42 Å². The lowest BCUT2D eigenvalue weighted by molar-refractivity contribution is 0.669. The molecule has 0 aliphatic carbocycles. The van der Waals surface area contributed by atoms with Crippen molar-refractivity contribution >= 4 is 53.4 Å². The summed E-state index contributed by atoms with van der Waals surface area (Å²) in [6.45, 7) is 0. The standard InChI is InChI=1S/C49H29NOS/c50-30-33-14-4-5-15-37(33)35-26-34(31-12-2-1-3-13-31)27-36(28-35)48-38(32-24-25-40-39-16-6-8-21-44(39)51-45(40)29-32)18-10-19-41(48)42-20-11-23-47-49(42)43-17-7-9-22-46(43)52-47/h1-29H. The largest absolute Gasteiger partial charge is 0.456 e. The Kier molecular flexibility index (Phi) is 7.09. The summed E-state index contributed by atoms with van der Waals surface area (Å²) >= 11 is 1.84. The number of furan rings is 1. The zero-order valence-electron chi connectivity index (χ0n) is 28.0. The zero-order valence-corrected chi connectivity index (χ0v) is 28.8. The van der Waals surface area contributed by atoms with Crippen LogP contribution in [0, 0.1) is 11.3 Å². The summed E-state index contributed by atoms with van der Waals surface area (Å²) in [4.78, 5) is 0. The molecule has 0 saturated carbocycles. The molecule has 3 heteroatoms. The molecule has 0 unspecified atom stereocenters. The molecular weight excluding hydrogens is 651 g/mol. The summed E-state index contributed by atoms with van der Waals surface area (Å²) in [7, 11) is 0. The molecule has 2 heterocycles. The van der Waals surface area contributed by atoms with E-state index in [9.17, 15) is 5.26 Å². The van der Waals surface area contributed by atoms with E-state index in [0.717, 1.165) is 72.0 Å². The van der Waals surface area contributed by atoms with E-state index in [2.05, 4.69) is 140 Å². The second-order valence-electron chi connectivity index (χ2n) is 13.1. The summed E-state index contributed by atoms with van der Waals surface area (Å²) < 4.78 is 8.96. The van der Waals surface area contributed by atoms with Crippen LogP contribution in [0.15, 0.2) is 180 Å². The van der Waals surface area contributed by atoms with E-state index in [4.69, 9.17) is 4.42 Å². The lowest BCUT2D eigenvalue weighted by atomic mass is 9.84. The highest BCUT2D eigenvalue weighted by atomic mass is 32.1. The number of nitriles is 1. The fourth-order valence-electron chi connectivity index (χ4n) is 7.78. The quantitative estimate of drug-likeness (QED) is 0.182.